The molecule has 0 aliphatic rings. The molecular weight excluding hydrogens is 248 g/mol. The highest BCUT2D eigenvalue weighted by Crippen LogP contribution is 2.31. The Morgan fingerprint density at radius 2 is 2.11 bits per heavy atom. The van der Waals surface area contributed by atoms with E-state index in [-0.39, 0.29) is 11.9 Å². The van der Waals surface area contributed by atoms with Crippen molar-refractivity contribution in [3.8, 4) is 0 Å². The Balaban J connectivity index is 2.48. The van der Waals surface area contributed by atoms with Gasteiger partial charge in [0.1, 0.15) is 15.2 Å². The van der Waals surface area contributed by atoms with E-state index in [1.165, 1.54) is 11.3 Å². The Labute approximate surface area is 110 Å². The summed E-state index contributed by atoms with van der Waals surface area (Å²) in [6.45, 7) is 6.59. The number of nitrogens with zero attached hydrogens (tertiary/aromatic N) is 3. The quantitative estimate of drug-likeness (QED) is 0.922. The number of anilines is 1. The number of nitrogen functional groups attached to an aromatic ring is 1. The summed E-state index contributed by atoms with van der Waals surface area (Å²) in [5, 5.41) is 0. The minimum atomic E-state index is -0.0465. The lowest BCUT2D eigenvalue weighted by Gasteiger charge is -2.24. The zero-order valence-electron chi connectivity index (χ0n) is 10.7. The van der Waals surface area contributed by atoms with Crippen molar-refractivity contribution in [2.45, 2.75) is 26.8 Å². The lowest BCUT2D eigenvalue weighted by Crippen LogP contribution is -2.36. The fraction of sp³-hybridized carbons (Fsp3) is 0.417. The Kier molecular flexibility index (Phi) is 3.47. The molecule has 0 aliphatic heterocycles. The Bertz CT molecular complexity index is 578. The van der Waals surface area contributed by atoms with E-state index in [0.717, 1.165) is 0 Å². The predicted octanol–water partition coefficient (Wildman–Crippen LogP) is 2.14. The highest BCUT2D eigenvalue weighted by atomic mass is 32.1. The van der Waals surface area contributed by atoms with E-state index in [1.54, 1.807) is 17.3 Å². The molecule has 6 heteroatoms. The lowest BCUT2D eigenvalue weighted by atomic mass is 10.2. The molecule has 0 saturated heterocycles. The number of rotatable bonds is 3. The first-order valence-corrected chi connectivity index (χ1v) is 6.67. The zero-order valence-corrected chi connectivity index (χ0v) is 11.5. The largest absolute Gasteiger partial charge is 0.396 e. The Hall–Kier alpha value is -1.69. The topological polar surface area (TPSA) is 72.1 Å². The van der Waals surface area contributed by atoms with Crippen molar-refractivity contribution in [2.24, 2.45) is 0 Å². The van der Waals surface area contributed by atoms with Gasteiger partial charge in [0.2, 0.25) is 0 Å². The summed E-state index contributed by atoms with van der Waals surface area (Å²) in [7, 11) is 0. The Morgan fingerprint density at radius 1 is 1.44 bits per heavy atom. The molecule has 0 unspecified atom stereocenters. The standard InChI is InChI=1S/C12H16N4OS/c1-4-16(7(2)3)12(17)10-8(13)9-11(18-10)15-6-5-14-9/h5-7H,4,13H2,1-3H3. The number of amides is 1. The van der Waals surface area contributed by atoms with Crippen molar-refractivity contribution in [3.05, 3.63) is 17.3 Å². The van der Waals surface area contributed by atoms with Crippen LogP contribution in [0.3, 0.4) is 0 Å². The summed E-state index contributed by atoms with van der Waals surface area (Å²) in [4.78, 5) is 23.8. The number of thiophene rings is 1. The minimum Gasteiger partial charge on any atom is -0.396 e. The van der Waals surface area contributed by atoms with Crippen LogP contribution in [0.4, 0.5) is 5.69 Å². The summed E-state index contributed by atoms with van der Waals surface area (Å²) in [5.74, 6) is -0.0465. The van der Waals surface area contributed by atoms with Crippen molar-refractivity contribution in [1.29, 1.82) is 0 Å². The van der Waals surface area contributed by atoms with Gasteiger partial charge in [-0.15, -0.1) is 11.3 Å². The molecule has 2 heterocycles. The molecule has 18 heavy (non-hydrogen) atoms. The fourth-order valence-electron chi connectivity index (χ4n) is 1.88. The average molecular weight is 264 g/mol. The Morgan fingerprint density at radius 3 is 2.67 bits per heavy atom. The first-order valence-electron chi connectivity index (χ1n) is 5.86. The van der Waals surface area contributed by atoms with Crippen LogP contribution >= 0.6 is 11.3 Å². The summed E-state index contributed by atoms with van der Waals surface area (Å²) < 4.78 is 0. The van der Waals surface area contributed by atoms with E-state index in [9.17, 15) is 4.79 Å². The second-order valence-corrected chi connectivity index (χ2v) is 5.24. The normalized spacial score (nSPS) is 11.1. The van der Waals surface area contributed by atoms with Gasteiger partial charge >= 0.3 is 0 Å². The van der Waals surface area contributed by atoms with Crippen LogP contribution in [0, 0.1) is 0 Å². The van der Waals surface area contributed by atoms with E-state index in [1.807, 2.05) is 20.8 Å². The highest BCUT2D eigenvalue weighted by molar-refractivity contribution is 7.21. The van der Waals surface area contributed by atoms with Crippen LogP contribution in [0.15, 0.2) is 12.4 Å². The number of hydrogen-bond acceptors (Lipinski definition) is 5. The molecule has 0 aromatic carbocycles. The highest BCUT2D eigenvalue weighted by Gasteiger charge is 2.23. The van der Waals surface area contributed by atoms with Gasteiger partial charge in [0.25, 0.3) is 5.91 Å². The van der Waals surface area contributed by atoms with Crippen LogP contribution in [0.1, 0.15) is 30.4 Å². The van der Waals surface area contributed by atoms with Crippen molar-refractivity contribution in [2.75, 3.05) is 12.3 Å². The molecule has 1 amide bonds. The second-order valence-electron chi connectivity index (χ2n) is 4.24. The third-order valence-electron chi connectivity index (χ3n) is 2.78. The van der Waals surface area contributed by atoms with Gasteiger partial charge in [0.05, 0.1) is 5.69 Å². The molecule has 0 radical (unpaired) electrons. The molecule has 2 N–H and O–H groups in total. The van der Waals surface area contributed by atoms with E-state index in [0.29, 0.717) is 27.5 Å². The lowest BCUT2D eigenvalue weighted by molar-refractivity contribution is 0.0723. The van der Waals surface area contributed by atoms with Gasteiger partial charge in [-0.05, 0) is 20.8 Å². The van der Waals surface area contributed by atoms with Crippen LogP contribution < -0.4 is 5.73 Å². The molecule has 0 atom stereocenters. The SMILES string of the molecule is CCN(C(=O)c1sc2nccnc2c1N)C(C)C. The molecule has 0 spiro atoms. The molecule has 2 aromatic heterocycles. The fourth-order valence-corrected chi connectivity index (χ4v) is 2.85. The molecule has 0 bridgehead atoms. The molecular formula is C12H16N4OS. The monoisotopic (exact) mass is 264 g/mol. The summed E-state index contributed by atoms with van der Waals surface area (Å²) in [6.07, 6.45) is 3.19. The van der Waals surface area contributed by atoms with Gasteiger partial charge in [-0.2, -0.15) is 0 Å². The zero-order chi connectivity index (χ0) is 13.3. The average Bonchev–Trinajstić information content (AvgIpc) is 2.68. The molecule has 0 aliphatic carbocycles. The number of hydrogen-bond donors (Lipinski definition) is 1. The van der Waals surface area contributed by atoms with Gasteiger partial charge < -0.3 is 10.6 Å². The first-order chi connectivity index (χ1) is 8.56. The van der Waals surface area contributed by atoms with Crippen LogP contribution in [0.2, 0.25) is 0 Å². The molecule has 0 saturated carbocycles. The number of carbonyl (C=O) groups is 1. The smallest absolute Gasteiger partial charge is 0.266 e. The third kappa shape index (κ3) is 2.03. The number of fused-ring (bicyclic) bond motifs is 1. The van der Waals surface area contributed by atoms with Crippen LogP contribution in [0.25, 0.3) is 10.3 Å². The van der Waals surface area contributed by atoms with Crippen molar-refractivity contribution < 1.29 is 4.79 Å². The van der Waals surface area contributed by atoms with E-state index in [2.05, 4.69) is 9.97 Å². The summed E-state index contributed by atoms with van der Waals surface area (Å²) in [6, 6.07) is 0.146. The number of nitrogens with two attached hydrogens (primary N) is 1. The van der Waals surface area contributed by atoms with Gasteiger partial charge in [0, 0.05) is 25.0 Å². The van der Waals surface area contributed by atoms with E-state index in [4.69, 9.17) is 5.73 Å². The van der Waals surface area contributed by atoms with Gasteiger partial charge in [0.15, 0.2) is 0 Å². The summed E-state index contributed by atoms with van der Waals surface area (Å²) >= 11 is 1.30. The number of carbonyl (C=O) groups excluding carboxylic acids is 1. The second kappa shape index (κ2) is 4.89. The van der Waals surface area contributed by atoms with Gasteiger partial charge in [-0.25, -0.2) is 9.97 Å². The molecule has 5 nitrogen and oxygen atoms in total. The molecule has 0 fully saturated rings. The number of aromatic nitrogens is 2. The van der Waals surface area contributed by atoms with E-state index < -0.39 is 0 Å². The van der Waals surface area contributed by atoms with E-state index >= 15 is 0 Å². The maximum Gasteiger partial charge on any atom is 0.266 e. The van der Waals surface area contributed by atoms with Crippen molar-refractivity contribution >= 4 is 33.3 Å². The van der Waals surface area contributed by atoms with Crippen LogP contribution in [0.5, 0.6) is 0 Å². The first kappa shape index (κ1) is 12.8. The minimum absolute atomic E-state index is 0.0465. The van der Waals surface area contributed by atoms with Crippen LogP contribution in [-0.4, -0.2) is 33.4 Å². The van der Waals surface area contributed by atoms with Crippen LogP contribution in [-0.2, 0) is 0 Å². The third-order valence-corrected chi connectivity index (χ3v) is 3.87. The van der Waals surface area contributed by atoms with Crippen molar-refractivity contribution in [3.63, 3.8) is 0 Å². The molecule has 96 valence electrons. The maximum atomic E-state index is 12.4. The van der Waals surface area contributed by atoms with Gasteiger partial charge in [-0.3, -0.25) is 4.79 Å². The predicted molar refractivity (Wildman–Crippen MR) is 73.7 cm³/mol. The van der Waals surface area contributed by atoms with Crippen molar-refractivity contribution in [1.82, 2.24) is 14.9 Å². The summed E-state index contributed by atoms with van der Waals surface area (Å²) in [5.41, 5.74) is 7.05. The molecule has 2 aromatic rings. The van der Waals surface area contributed by atoms with Gasteiger partial charge in [-0.1, -0.05) is 0 Å². The molecule has 2 rings (SSSR count). The maximum absolute atomic E-state index is 12.4.